The van der Waals surface area contributed by atoms with E-state index in [9.17, 15) is 19.2 Å². The molecule has 0 aromatic rings. The van der Waals surface area contributed by atoms with E-state index in [0.717, 1.165) is 4.90 Å². The first-order chi connectivity index (χ1) is 8.81. The highest BCUT2D eigenvalue weighted by atomic mass is 16.4. The van der Waals surface area contributed by atoms with E-state index in [1.807, 2.05) is 0 Å². The van der Waals surface area contributed by atoms with E-state index < -0.39 is 36.3 Å². The molecule has 9 heteroatoms. The van der Waals surface area contributed by atoms with E-state index in [1.165, 1.54) is 7.05 Å². The SMILES string of the molecule is CCN(CC(=O)NC)C(=O)N[C@H](CC(=O)O)C(=O)O. The molecule has 4 N–H and O–H groups in total. The summed E-state index contributed by atoms with van der Waals surface area (Å²) in [4.78, 5) is 45.2. The molecule has 1 atom stereocenters. The minimum atomic E-state index is -1.54. The van der Waals surface area contributed by atoms with Gasteiger partial charge >= 0.3 is 18.0 Å². The zero-order chi connectivity index (χ0) is 15.0. The summed E-state index contributed by atoms with van der Waals surface area (Å²) in [5.41, 5.74) is 0. The highest BCUT2D eigenvalue weighted by Gasteiger charge is 2.25. The quantitative estimate of drug-likeness (QED) is 0.455. The Bertz CT molecular complexity index is 370. The Balaban J connectivity index is 4.63. The number of hydrogen-bond donors (Lipinski definition) is 4. The third-order valence-corrected chi connectivity index (χ3v) is 2.26. The minimum Gasteiger partial charge on any atom is -0.481 e. The van der Waals surface area contributed by atoms with Gasteiger partial charge in [-0.2, -0.15) is 0 Å². The molecule has 0 bridgehead atoms. The molecule has 0 aromatic heterocycles. The molecule has 19 heavy (non-hydrogen) atoms. The standard InChI is InChI=1S/C10H17N3O6/c1-3-13(5-7(14)11-2)10(19)12-6(9(17)18)4-8(15)16/h6H,3-5H2,1-2H3,(H,11,14)(H,12,19)(H,15,16)(H,17,18)/t6-/m1/s1. The predicted octanol–water partition coefficient (Wildman–Crippen LogP) is -1.31. The topological polar surface area (TPSA) is 136 Å². The Labute approximate surface area is 109 Å². The van der Waals surface area contributed by atoms with Crippen molar-refractivity contribution in [2.45, 2.75) is 19.4 Å². The van der Waals surface area contributed by atoms with Gasteiger partial charge in [-0.05, 0) is 6.92 Å². The maximum absolute atomic E-state index is 11.7. The molecule has 0 spiro atoms. The maximum Gasteiger partial charge on any atom is 0.326 e. The molecule has 0 unspecified atom stereocenters. The van der Waals surface area contributed by atoms with Crippen molar-refractivity contribution in [3.05, 3.63) is 0 Å². The number of aliphatic carboxylic acids is 2. The number of carbonyl (C=O) groups excluding carboxylic acids is 2. The first kappa shape index (κ1) is 16.7. The van der Waals surface area contributed by atoms with E-state index in [4.69, 9.17) is 10.2 Å². The van der Waals surface area contributed by atoms with Crippen LogP contribution in [0.15, 0.2) is 0 Å². The first-order valence-corrected chi connectivity index (χ1v) is 5.52. The normalized spacial score (nSPS) is 11.3. The smallest absolute Gasteiger partial charge is 0.326 e. The van der Waals surface area contributed by atoms with Crippen LogP contribution in [0.25, 0.3) is 0 Å². The number of hydrogen-bond acceptors (Lipinski definition) is 4. The number of likely N-dealkylation sites (N-methyl/N-ethyl adjacent to an activating group) is 2. The second kappa shape index (κ2) is 7.90. The Kier molecular flexibility index (Phi) is 6.94. The van der Waals surface area contributed by atoms with Gasteiger partial charge in [0.05, 0.1) is 6.42 Å². The highest BCUT2D eigenvalue weighted by Crippen LogP contribution is 1.96. The first-order valence-electron chi connectivity index (χ1n) is 5.52. The fourth-order valence-electron chi connectivity index (χ4n) is 1.19. The summed E-state index contributed by atoms with van der Waals surface area (Å²) in [5, 5.41) is 21.7. The van der Waals surface area contributed by atoms with Crippen LogP contribution in [-0.2, 0) is 14.4 Å². The Hall–Kier alpha value is -2.32. The van der Waals surface area contributed by atoms with Crippen LogP contribution in [0.5, 0.6) is 0 Å². The van der Waals surface area contributed by atoms with E-state index in [-0.39, 0.29) is 13.1 Å². The van der Waals surface area contributed by atoms with Crippen molar-refractivity contribution < 1.29 is 29.4 Å². The molecular weight excluding hydrogens is 258 g/mol. The van der Waals surface area contributed by atoms with Gasteiger partial charge in [-0.15, -0.1) is 0 Å². The van der Waals surface area contributed by atoms with E-state index in [1.54, 1.807) is 6.92 Å². The largest absolute Gasteiger partial charge is 0.481 e. The molecule has 3 amide bonds. The fourth-order valence-corrected chi connectivity index (χ4v) is 1.19. The number of carboxylic acids is 2. The molecule has 0 saturated carbocycles. The highest BCUT2D eigenvalue weighted by molar-refractivity contribution is 5.88. The van der Waals surface area contributed by atoms with Crippen LogP contribution < -0.4 is 10.6 Å². The summed E-state index contributed by atoms with van der Waals surface area (Å²) in [6.07, 6.45) is -0.737. The summed E-state index contributed by atoms with van der Waals surface area (Å²) in [6.45, 7) is 1.55. The van der Waals surface area contributed by atoms with Gasteiger partial charge in [-0.25, -0.2) is 9.59 Å². The van der Waals surface area contributed by atoms with E-state index in [2.05, 4.69) is 10.6 Å². The molecule has 0 aliphatic heterocycles. The second-order valence-corrected chi connectivity index (χ2v) is 3.63. The predicted molar refractivity (Wildman–Crippen MR) is 63.5 cm³/mol. The lowest BCUT2D eigenvalue weighted by molar-refractivity contribution is -0.145. The van der Waals surface area contributed by atoms with Crippen LogP contribution in [0.1, 0.15) is 13.3 Å². The van der Waals surface area contributed by atoms with Gasteiger partial charge in [-0.1, -0.05) is 0 Å². The van der Waals surface area contributed by atoms with Gasteiger partial charge < -0.3 is 25.7 Å². The summed E-state index contributed by atoms with van der Waals surface area (Å²) in [7, 11) is 1.40. The van der Waals surface area contributed by atoms with Crippen molar-refractivity contribution >= 4 is 23.9 Å². The molecule has 0 aliphatic carbocycles. The molecule has 0 aromatic carbocycles. The van der Waals surface area contributed by atoms with Gasteiger partial charge in [0.2, 0.25) is 5.91 Å². The van der Waals surface area contributed by atoms with Crippen molar-refractivity contribution in [1.29, 1.82) is 0 Å². The van der Waals surface area contributed by atoms with Gasteiger partial charge in [0, 0.05) is 13.6 Å². The third kappa shape index (κ3) is 6.24. The lowest BCUT2D eigenvalue weighted by atomic mass is 10.2. The third-order valence-electron chi connectivity index (χ3n) is 2.26. The summed E-state index contributed by atoms with van der Waals surface area (Å²) < 4.78 is 0. The number of nitrogens with one attached hydrogen (secondary N) is 2. The Morgan fingerprint density at radius 1 is 1.21 bits per heavy atom. The molecule has 0 radical (unpaired) electrons. The number of carboxylic acid groups (broad SMARTS) is 2. The van der Waals surface area contributed by atoms with Gasteiger partial charge in [-0.3, -0.25) is 9.59 Å². The average Bonchev–Trinajstić information content (AvgIpc) is 2.33. The zero-order valence-corrected chi connectivity index (χ0v) is 10.7. The van der Waals surface area contributed by atoms with Crippen molar-refractivity contribution in [3.63, 3.8) is 0 Å². The number of nitrogens with zero attached hydrogens (tertiary/aromatic N) is 1. The molecule has 9 nitrogen and oxygen atoms in total. The van der Waals surface area contributed by atoms with Gasteiger partial charge in [0.1, 0.15) is 12.6 Å². The maximum atomic E-state index is 11.7. The monoisotopic (exact) mass is 275 g/mol. The fraction of sp³-hybridized carbons (Fsp3) is 0.600. The van der Waals surface area contributed by atoms with Crippen molar-refractivity contribution in [2.24, 2.45) is 0 Å². The van der Waals surface area contributed by atoms with Crippen LogP contribution in [0, 0.1) is 0 Å². The zero-order valence-electron chi connectivity index (χ0n) is 10.7. The summed E-state index contributed by atoms with van der Waals surface area (Å²) in [6, 6.07) is -2.34. The summed E-state index contributed by atoms with van der Waals surface area (Å²) in [5.74, 6) is -3.21. The molecule has 0 saturated heterocycles. The van der Waals surface area contributed by atoms with Crippen LogP contribution >= 0.6 is 0 Å². The Morgan fingerprint density at radius 2 is 1.79 bits per heavy atom. The molecule has 0 aliphatic rings. The molecule has 108 valence electrons. The summed E-state index contributed by atoms with van der Waals surface area (Å²) >= 11 is 0. The van der Waals surface area contributed by atoms with E-state index >= 15 is 0 Å². The molecule has 0 rings (SSSR count). The van der Waals surface area contributed by atoms with Crippen LogP contribution in [-0.4, -0.2) is 65.2 Å². The van der Waals surface area contributed by atoms with Crippen molar-refractivity contribution in [2.75, 3.05) is 20.1 Å². The lowest BCUT2D eigenvalue weighted by Gasteiger charge is -2.22. The van der Waals surface area contributed by atoms with E-state index in [0.29, 0.717) is 0 Å². The minimum absolute atomic E-state index is 0.179. The van der Waals surface area contributed by atoms with Gasteiger partial charge in [0.15, 0.2) is 0 Å². The van der Waals surface area contributed by atoms with Crippen molar-refractivity contribution in [3.8, 4) is 0 Å². The number of urea groups is 1. The Morgan fingerprint density at radius 3 is 2.16 bits per heavy atom. The van der Waals surface area contributed by atoms with Crippen LogP contribution in [0.2, 0.25) is 0 Å². The van der Waals surface area contributed by atoms with Gasteiger partial charge in [0.25, 0.3) is 0 Å². The number of amides is 3. The van der Waals surface area contributed by atoms with Crippen molar-refractivity contribution in [1.82, 2.24) is 15.5 Å². The molecule has 0 heterocycles. The second-order valence-electron chi connectivity index (χ2n) is 3.63. The number of rotatable bonds is 7. The lowest BCUT2D eigenvalue weighted by Crippen LogP contribution is -2.50. The molecular formula is C10H17N3O6. The van der Waals surface area contributed by atoms with Crippen LogP contribution in [0.3, 0.4) is 0 Å². The number of carbonyl (C=O) groups is 4. The average molecular weight is 275 g/mol. The van der Waals surface area contributed by atoms with Crippen LogP contribution in [0.4, 0.5) is 4.79 Å². The molecule has 0 fully saturated rings.